The number of rotatable bonds is 6. The van der Waals surface area contributed by atoms with Gasteiger partial charge in [0, 0.05) is 18.0 Å². The number of aryl methyl sites for hydroxylation is 1. The Morgan fingerprint density at radius 2 is 1.85 bits per heavy atom. The minimum atomic E-state index is -3.85. The first-order valence-electron chi connectivity index (χ1n) is 7.97. The second-order valence-corrected chi connectivity index (χ2v) is 9.58. The van der Waals surface area contributed by atoms with E-state index >= 15 is 0 Å². The Hall–Kier alpha value is -1.52. The van der Waals surface area contributed by atoms with E-state index in [2.05, 4.69) is 10.6 Å². The van der Waals surface area contributed by atoms with Crippen molar-refractivity contribution in [2.24, 2.45) is 0 Å². The van der Waals surface area contributed by atoms with Crippen LogP contribution in [0.1, 0.15) is 18.7 Å². The summed E-state index contributed by atoms with van der Waals surface area (Å²) in [4.78, 5) is 12.7. The molecule has 1 aromatic carbocycles. The number of nitrogens with one attached hydrogen (secondary N) is 2. The lowest BCUT2D eigenvalue weighted by molar-refractivity contribution is 0.262. The third kappa shape index (κ3) is 4.49. The van der Waals surface area contributed by atoms with Crippen molar-refractivity contribution in [2.45, 2.75) is 25.0 Å². The van der Waals surface area contributed by atoms with Crippen molar-refractivity contribution in [3.8, 4) is 5.75 Å². The van der Waals surface area contributed by atoms with Crippen molar-refractivity contribution >= 4 is 62.0 Å². The maximum Gasteiger partial charge on any atom is 0.323 e. The average Bonchev–Trinajstić information content (AvgIpc) is 2.88. The predicted octanol–water partition coefficient (Wildman–Crippen LogP) is 4.74. The first kappa shape index (κ1) is 21.8. The third-order valence-electron chi connectivity index (χ3n) is 3.75. The minimum absolute atomic E-state index is 0.0291. The number of carbonyl (C=O) groups is 1. The van der Waals surface area contributed by atoms with Crippen LogP contribution in [0.5, 0.6) is 5.75 Å². The number of aromatic hydroxyl groups is 1. The summed E-state index contributed by atoms with van der Waals surface area (Å²) in [7, 11) is -3.85. The summed E-state index contributed by atoms with van der Waals surface area (Å²) in [5, 5.41) is 15.8. The zero-order valence-corrected chi connectivity index (χ0v) is 18.0. The molecule has 0 radical (unpaired) electrons. The second-order valence-electron chi connectivity index (χ2n) is 5.44. The van der Waals surface area contributed by atoms with Gasteiger partial charge in [-0.2, -0.15) is 4.31 Å². The van der Waals surface area contributed by atoms with Crippen LogP contribution in [0.25, 0.3) is 0 Å². The van der Waals surface area contributed by atoms with Gasteiger partial charge in [-0.15, -0.1) is 11.3 Å². The molecule has 0 aliphatic heterocycles. The lowest BCUT2D eigenvalue weighted by Gasteiger charge is -2.17. The molecule has 0 fully saturated rings. The number of amides is 2. The lowest BCUT2D eigenvalue weighted by Crippen LogP contribution is -2.30. The number of nitrogens with zero attached hydrogens (tertiary/aromatic N) is 1. The summed E-state index contributed by atoms with van der Waals surface area (Å²) in [6, 6.07) is 4.06. The van der Waals surface area contributed by atoms with Gasteiger partial charge in [-0.25, -0.2) is 13.2 Å². The number of benzene rings is 1. The van der Waals surface area contributed by atoms with Crippen LogP contribution in [0.15, 0.2) is 22.4 Å². The normalized spacial score (nSPS) is 11.6. The average molecular weight is 452 g/mol. The summed E-state index contributed by atoms with van der Waals surface area (Å²) < 4.78 is 26.3. The van der Waals surface area contributed by atoms with Crippen molar-refractivity contribution in [1.82, 2.24) is 4.31 Å². The standard InChI is InChI=1S/C16H19Cl2N3O4S2/c1-4-21(5-2)27(24,25)15-14(22)13(9(3)26-15)20-16(23)19-11-8-6-7-10(17)12(11)18/h6-8,22H,4-5H2,1-3H3,(H2,19,20,23). The van der Waals surface area contributed by atoms with Crippen LogP contribution < -0.4 is 10.6 Å². The van der Waals surface area contributed by atoms with Crippen molar-refractivity contribution in [3.05, 3.63) is 33.1 Å². The Labute approximate surface area is 172 Å². The van der Waals surface area contributed by atoms with Gasteiger partial charge in [0.25, 0.3) is 10.0 Å². The van der Waals surface area contributed by atoms with Gasteiger partial charge in [0.1, 0.15) is 0 Å². The van der Waals surface area contributed by atoms with E-state index in [1.165, 1.54) is 4.31 Å². The molecule has 0 saturated carbocycles. The van der Waals surface area contributed by atoms with E-state index in [9.17, 15) is 18.3 Å². The Bertz CT molecular complexity index is 957. The highest BCUT2D eigenvalue weighted by atomic mass is 35.5. The first-order valence-corrected chi connectivity index (χ1v) is 11.0. The largest absolute Gasteiger partial charge is 0.504 e. The monoisotopic (exact) mass is 451 g/mol. The third-order valence-corrected chi connectivity index (χ3v) is 8.19. The lowest BCUT2D eigenvalue weighted by atomic mass is 10.3. The molecule has 0 bridgehead atoms. The first-order chi connectivity index (χ1) is 12.6. The molecular weight excluding hydrogens is 433 g/mol. The number of halogens is 2. The van der Waals surface area contributed by atoms with Gasteiger partial charge in [-0.3, -0.25) is 0 Å². The SMILES string of the molecule is CCN(CC)S(=O)(=O)c1sc(C)c(NC(=O)Nc2cccc(Cl)c2Cl)c1O. The van der Waals surface area contributed by atoms with Gasteiger partial charge in [-0.05, 0) is 19.1 Å². The van der Waals surface area contributed by atoms with Gasteiger partial charge in [0.15, 0.2) is 9.96 Å². The maximum absolute atomic E-state index is 12.7. The van der Waals surface area contributed by atoms with E-state index in [-0.39, 0.29) is 38.7 Å². The molecule has 0 atom stereocenters. The molecule has 2 aromatic rings. The summed E-state index contributed by atoms with van der Waals surface area (Å²) in [6.07, 6.45) is 0. The van der Waals surface area contributed by atoms with Crippen LogP contribution in [0, 0.1) is 6.92 Å². The summed E-state index contributed by atoms with van der Waals surface area (Å²) in [5.74, 6) is -0.489. The minimum Gasteiger partial charge on any atom is -0.504 e. The molecule has 7 nitrogen and oxygen atoms in total. The van der Waals surface area contributed by atoms with Crippen LogP contribution in [0.3, 0.4) is 0 Å². The molecule has 27 heavy (non-hydrogen) atoms. The van der Waals surface area contributed by atoms with E-state index in [4.69, 9.17) is 23.2 Å². The van der Waals surface area contributed by atoms with Crippen LogP contribution >= 0.6 is 34.5 Å². The Morgan fingerprint density at radius 1 is 1.22 bits per heavy atom. The Balaban J connectivity index is 2.29. The summed E-state index contributed by atoms with van der Waals surface area (Å²) in [6.45, 7) is 5.56. The zero-order valence-electron chi connectivity index (χ0n) is 14.8. The number of carbonyl (C=O) groups excluding carboxylic acids is 1. The fourth-order valence-electron chi connectivity index (χ4n) is 2.38. The van der Waals surface area contributed by atoms with E-state index in [1.807, 2.05) is 0 Å². The van der Waals surface area contributed by atoms with Crippen molar-refractivity contribution in [2.75, 3.05) is 23.7 Å². The van der Waals surface area contributed by atoms with Crippen LogP contribution in [-0.4, -0.2) is 37.0 Å². The molecule has 1 aromatic heterocycles. The molecule has 0 aliphatic rings. The number of sulfonamides is 1. The molecule has 1 heterocycles. The number of hydrogen-bond acceptors (Lipinski definition) is 5. The number of thiophene rings is 1. The zero-order chi connectivity index (χ0) is 20.4. The van der Waals surface area contributed by atoms with Gasteiger partial charge in [-0.1, -0.05) is 43.1 Å². The van der Waals surface area contributed by atoms with Crippen LogP contribution in [0.4, 0.5) is 16.2 Å². The van der Waals surface area contributed by atoms with Gasteiger partial charge >= 0.3 is 6.03 Å². The Morgan fingerprint density at radius 3 is 2.44 bits per heavy atom. The molecule has 0 aliphatic carbocycles. The highest BCUT2D eigenvalue weighted by Crippen LogP contribution is 2.43. The van der Waals surface area contributed by atoms with Gasteiger partial charge in [0.2, 0.25) is 0 Å². The maximum atomic E-state index is 12.7. The fourth-order valence-corrected chi connectivity index (χ4v) is 5.83. The molecule has 0 unspecified atom stereocenters. The van der Waals surface area contributed by atoms with Gasteiger partial charge in [0.05, 0.1) is 21.4 Å². The number of urea groups is 1. The molecular formula is C16H19Cl2N3O4S2. The second kappa shape index (κ2) is 8.66. The molecule has 148 valence electrons. The summed E-state index contributed by atoms with van der Waals surface area (Å²) in [5.41, 5.74) is 0.311. The van der Waals surface area contributed by atoms with Gasteiger partial charge < -0.3 is 15.7 Å². The van der Waals surface area contributed by atoms with Crippen LogP contribution in [0.2, 0.25) is 10.0 Å². The molecule has 2 amide bonds. The molecule has 3 N–H and O–H groups in total. The number of anilines is 2. The fraction of sp³-hybridized carbons (Fsp3) is 0.312. The number of hydrogen-bond donors (Lipinski definition) is 3. The van der Waals surface area contributed by atoms with E-state index in [0.717, 1.165) is 11.3 Å². The predicted molar refractivity (Wildman–Crippen MR) is 110 cm³/mol. The highest BCUT2D eigenvalue weighted by Gasteiger charge is 2.30. The van der Waals surface area contributed by atoms with E-state index in [1.54, 1.807) is 39.0 Å². The van der Waals surface area contributed by atoms with E-state index in [0.29, 0.717) is 4.88 Å². The van der Waals surface area contributed by atoms with E-state index < -0.39 is 21.8 Å². The molecule has 0 saturated heterocycles. The quantitative estimate of drug-likeness (QED) is 0.590. The van der Waals surface area contributed by atoms with Crippen molar-refractivity contribution in [1.29, 1.82) is 0 Å². The smallest absolute Gasteiger partial charge is 0.323 e. The van der Waals surface area contributed by atoms with Crippen molar-refractivity contribution < 1.29 is 18.3 Å². The molecule has 11 heteroatoms. The molecule has 2 rings (SSSR count). The topological polar surface area (TPSA) is 98.7 Å². The van der Waals surface area contributed by atoms with Crippen molar-refractivity contribution in [3.63, 3.8) is 0 Å². The summed E-state index contributed by atoms with van der Waals surface area (Å²) >= 11 is 12.8. The van der Waals surface area contributed by atoms with Crippen LogP contribution in [-0.2, 0) is 10.0 Å². The Kier molecular flexibility index (Phi) is 6.98. The molecule has 0 spiro atoms. The highest BCUT2D eigenvalue weighted by molar-refractivity contribution is 7.91.